The van der Waals surface area contributed by atoms with Gasteiger partial charge in [0.1, 0.15) is 17.7 Å². The van der Waals surface area contributed by atoms with E-state index in [9.17, 15) is 29.5 Å². The number of ether oxygens (including phenoxy) is 1. The second-order valence-electron chi connectivity index (χ2n) is 11.2. The smallest absolute Gasteiger partial charge is 0.408 e. The maximum Gasteiger partial charge on any atom is 0.408 e. The topological polar surface area (TPSA) is 143 Å². The first-order valence-corrected chi connectivity index (χ1v) is 13.0. The van der Waals surface area contributed by atoms with E-state index in [1.165, 1.54) is 11.0 Å². The molecule has 4 rings (SSSR count). The standard InChI is InChI=1S/C27H35N5O6/c1-16(17-7-5-8-18(11-17)25(35)36)32-20-12-22(24(32)34)30(14-20)15-21(29-26(37)38-27(2,3)4)23(33)31-10-6-9-19(31)13-28/h5,7-8,11,16,19-22H,6,9-10,12,14-15H2,1-4H3,(H,29,37)(H,35,36)/t16-,19+,20+,21+,22+/m1/s1. The summed E-state index contributed by atoms with van der Waals surface area (Å²) in [6.45, 7) is 8.16. The van der Waals surface area contributed by atoms with Crippen LogP contribution in [0.1, 0.15) is 68.9 Å². The van der Waals surface area contributed by atoms with Gasteiger partial charge in [-0.05, 0) is 64.7 Å². The quantitative estimate of drug-likeness (QED) is 0.551. The molecule has 1 aromatic carbocycles. The molecule has 204 valence electrons. The second kappa shape index (κ2) is 10.6. The predicted octanol–water partition coefficient (Wildman–Crippen LogP) is 2.14. The first kappa shape index (κ1) is 27.4. The summed E-state index contributed by atoms with van der Waals surface area (Å²) in [4.78, 5) is 56.1. The Morgan fingerprint density at radius 1 is 1.29 bits per heavy atom. The van der Waals surface area contributed by atoms with Gasteiger partial charge in [0.05, 0.1) is 23.7 Å². The van der Waals surface area contributed by atoms with Crippen molar-refractivity contribution in [3.8, 4) is 6.07 Å². The summed E-state index contributed by atoms with van der Waals surface area (Å²) in [7, 11) is 0. The molecule has 0 unspecified atom stereocenters. The van der Waals surface area contributed by atoms with Crippen molar-refractivity contribution >= 4 is 23.9 Å². The van der Waals surface area contributed by atoms with Crippen LogP contribution in [0.3, 0.4) is 0 Å². The van der Waals surface area contributed by atoms with E-state index in [0.717, 1.165) is 5.56 Å². The van der Waals surface area contributed by atoms with E-state index in [-0.39, 0.29) is 36.0 Å². The van der Waals surface area contributed by atoms with Gasteiger partial charge in [-0.3, -0.25) is 14.5 Å². The van der Waals surface area contributed by atoms with Gasteiger partial charge < -0.3 is 25.0 Å². The minimum Gasteiger partial charge on any atom is -0.478 e. The molecule has 0 aromatic heterocycles. The van der Waals surface area contributed by atoms with Crippen LogP contribution in [0.25, 0.3) is 0 Å². The number of amides is 3. The second-order valence-corrected chi connectivity index (χ2v) is 11.2. The molecule has 0 spiro atoms. The number of nitrogens with one attached hydrogen (secondary N) is 1. The Balaban J connectivity index is 1.49. The number of fused-ring (bicyclic) bond motifs is 2. The predicted molar refractivity (Wildman–Crippen MR) is 136 cm³/mol. The lowest BCUT2D eigenvalue weighted by atomic mass is 10.0. The van der Waals surface area contributed by atoms with Crippen molar-refractivity contribution in [3.63, 3.8) is 0 Å². The fraction of sp³-hybridized carbons (Fsp3) is 0.593. The number of carboxylic acids is 1. The molecule has 5 atom stereocenters. The van der Waals surface area contributed by atoms with Crippen LogP contribution in [-0.2, 0) is 14.3 Å². The number of likely N-dealkylation sites (tertiary alicyclic amines) is 3. The van der Waals surface area contributed by atoms with Gasteiger partial charge in [-0.15, -0.1) is 0 Å². The molecule has 0 radical (unpaired) electrons. The summed E-state index contributed by atoms with van der Waals surface area (Å²) < 4.78 is 5.38. The summed E-state index contributed by atoms with van der Waals surface area (Å²) in [5.41, 5.74) is 0.158. The fourth-order valence-corrected chi connectivity index (χ4v) is 5.73. The highest BCUT2D eigenvalue weighted by Crippen LogP contribution is 2.38. The number of hydrogen-bond acceptors (Lipinski definition) is 7. The van der Waals surface area contributed by atoms with E-state index in [0.29, 0.717) is 32.4 Å². The normalized spacial score (nSPS) is 24.7. The van der Waals surface area contributed by atoms with E-state index < -0.39 is 35.8 Å². The Morgan fingerprint density at radius 3 is 2.66 bits per heavy atom. The molecule has 3 heterocycles. The zero-order valence-electron chi connectivity index (χ0n) is 22.2. The van der Waals surface area contributed by atoms with E-state index in [1.54, 1.807) is 37.8 Å². The van der Waals surface area contributed by atoms with E-state index in [2.05, 4.69) is 11.4 Å². The maximum absolute atomic E-state index is 13.5. The van der Waals surface area contributed by atoms with Crippen LogP contribution in [0.4, 0.5) is 4.79 Å². The molecule has 38 heavy (non-hydrogen) atoms. The largest absolute Gasteiger partial charge is 0.478 e. The number of aromatic carboxylic acids is 1. The van der Waals surface area contributed by atoms with E-state index in [4.69, 9.17) is 4.74 Å². The Bertz CT molecular complexity index is 1160. The highest BCUT2D eigenvalue weighted by molar-refractivity contribution is 5.89. The van der Waals surface area contributed by atoms with Gasteiger partial charge in [0.15, 0.2) is 0 Å². The van der Waals surface area contributed by atoms with Crippen LogP contribution in [0.5, 0.6) is 0 Å². The summed E-state index contributed by atoms with van der Waals surface area (Å²) >= 11 is 0. The van der Waals surface area contributed by atoms with Crippen LogP contribution >= 0.6 is 0 Å². The van der Waals surface area contributed by atoms with Gasteiger partial charge in [-0.1, -0.05) is 12.1 Å². The fourth-order valence-electron chi connectivity index (χ4n) is 5.73. The number of piperazine rings is 1. The molecule has 3 aliphatic rings. The van der Waals surface area contributed by atoms with Crippen molar-refractivity contribution in [3.05, 3.63) is 35.4 Å². The molecular weight excluding hydrogens is 490 g/mol. The number of alkyl carbamates (subject to hydrolysis) is 1. The number of carbonyl (C=O) groups excluding carboxylic acids is 3. The SMILES string of the molecule is C[C@H](c1cccc(C(=O)O)c1)N1C(=O)[C@@H]2C[C@H]1CN2C[C@H](NC(=O)OC(C)(C)C)C(=O)N1CCC[C@H]1C#N. The van der Waals surface area contributed by atoms with Crippen LogP contribution in [-0.4, -0.2) is 93.1 Å². The molecular formula is C27H35N5O6. The van der Waals surface area contributed by atoms with Crippen molar-refractivity contribution in [2.75, 3.05) is 19.6 Å². The number of carboxylic acid groups (broad SMARTS) is 1. The number of benzene rings is 1. The van der Waals surface area contributed by atoms with Gasteiger partial charge >= 0.3 is 12.1 Å². The van der Waals surface area contributed by atoms with Gasteiger partial charge in [-0.25, -0.2) is 9.59 Å². The average molecular weight is 526 g/mol. The molecule has 0 saturated carbocycles. The van der Waals surface area contributed by atoms with E-state index >= 15 is 0 Å². The van der Waals surface area contributed by atoms with Crippen molar-refractivity contribution in [2.45, 2.75) is 82.8 Å². The maximum atomic E-state index is 13.5. The van der Waals surface area contributed by atoms with Gasteiger partial charge in [-0.2, -0.15) is 5.26 Å². The van der Waals surface area contributed by atoms with E-state index in [1.807, 2.05) is 17.9 Å². The lowest BCUT2D eigenvalue weighted by Crippen LogP contribution is -2.59. The van der Waals surface area contributed by atoms with Gasteiger partial charge in [0, 0.05) is 25.7 Å². The van der Waals surface area contributed by atoms with Crippen molar-refractivity contribution < 1.29 is 29.0 Å². The first-order chi connectivity index (χ1) is 17.9. The zero-order valence-corrected chi connectivity index (χ0v) is 22.2. The third-order valence-corrected chi connectivity index (χ3v) is 7.44. The van der Waals surface area contributed by atoms with Crippen LogP contribution in [0.2, 0.25) is 0 Å². The molecule has 3 saturated heterocycles. The minimum atomic E-state index is -1.02. The third-order valence-electron chi connectivity index (χ3n) is 7.44. The molecule has 3 aliphatic heterocycles. The molecule has 11 nitrogen and oxygen atoms in total. The number of hydrogen-bond donors (Lipinski definition) is 2. The molecule has 3 fully saturated rings. The molecule has 11 heteroatoms. The lowest BCUT2D eigenvalue weighted by Gasteiger charge is -2.39. The molecule has 0 aliphatic carbocycles. The number of nitrogens with zero attached hydrogens (tertiary/aromatic N) is 4. The van der Waals surface area contributed by atoms with Crippen molar-refractivity contribution in [1.82, 2.24) is 20.0 Å². The Labute approximate surface area is 222 Å². The Morgan fingerprint density at radius 2 is 2.03 bits per heavy atom. The third kappa shape index (κ3) is 5.60. The number of rotatable bonds is 7. The monoisotopic (exact) mass is 525 g/mol. The van der Waals surface area contributed by atoms with Crippen LogP contribution < -0.4 is 5.32 Å². The number of carbonyl (C=O) groups is 4. The zero-order chi connectivity index (χ0) is 27.8. The highest BCUT2D eigenvalue weighted by atomic mass is 16.6. The van der Waals surface area contributed by atoms with Crippen LogP contribution in [0, 0.1) is 11.3 Å². The Kier molecular flexibility index (Phi) is 7.65. The van der Waals surface area contributed by atoms with Crippen molar-refractivity contribution in [2.24, 2.45) is 0 Å². The van der Waals surface area contributed by atoms with Gasteiger partial charge in [0.25, 0.3) is 0 Å². The Hall–Kier alpha value is -3.65. The summed E-state index contributed by atoms with van der Waals surface area (Å²) in [6, 6.07) is 6.38. The molecule has 3 amide bonds. The summed E-state index contributed by atoms with van der Waals surface area (Å²) in [5.74, 6) is -1.47. The van der Waals surface area contributed by atoms with Crippen LogP contribution in [0.15, 0.2) is 24.3 Å². The summed E-state index contributed by atoms with van der Waals surface area (Å²) in [6.07, 6.45) is 1.16. The molecule has 2 N–H and O–H groups in total. The first-order valence-electron chi connectivity index (χ1n) is 13.0. The highest BCUT2D eigenvalue weighted by Gasteiger charge is 2.52. The number of nitriles is 1. The molecule has 1 aromatic rings. The average Bonchev–Trinajstić information content (AvgIpc) is 3.56. The van der Waals surface area contributed by atoms with Gasteiger partial charge in [0.2, 0.25) is 11.8 Å². The molecule has 2 bridgehead atoms. The summed E-state index contributed by atoms with van der Waals surface area (Å²) in [5, 5.41) is 21.5. The minimum absolute atomic E-state index is 0.0889. The lowest BCUT2D eigenvalue weighted by molar-refractivity contribution is -0.141. The van der Waals surface area contributed by atoms with Crippen molar-refractivity contribution in [1.29, 1.82) is 5.26 Å².